The van der Waals surface area contributed by atoms with Gasteiger partial charge in [-0.1, -0.05) is 18.2 Å². The van der Waals surface area contributed by atoms with Crippen LogP contribution in [0.3, 0.4) is 0 Å². The van der Waals surface area contributed by atoms with E-state index in [0.717, 1.165) is 0 Å². The van der Waals surface area contributed by atoms with E-state index in [1.807, 2.05) is 6.07 Å². The van der Waals surface area contributed by atoms with E-state index in [0.29, 0.717) is 5.75 Å². The lowest BCUT2D eigenvalue weighted by molar-refractivity contribution is 0.361. The molecule has 0 aliphatic carbocycles. The highest BCUT2D eigenvalue weighted by atomic mass is 32.5. The zero-order valence-corrected chi connectivity index (χ0v) is 7.82. The van der Waals surface area contributed by atoms with E-state index in [1.54, 1.807) is 24.3 Å². The molecule has 4 nitrogen and oxygen atoms in total. The average Bonchev–Trinajstić information content (AvgIpc) is 2.02. The Morgan fingerprint density at radius 2 is 1.67 bits per heavy atom. The quantitative estimate of drug-likeness (QED) is 0.420. The van der Waals surface area contributed by atoms with Gasteiger partial charge in [-0.2, -0.15) is 0 Å². The number of para-hydroxylation sites is 1. The molecule has 0 fully saturated rings. The smallest absolute Gasteiger partial charge is 0.310 e. The molecular weight excluding hydrogens is 199 g/mol. The van der Waals surface area contributed by atoms with Crippen LogP contribution in [-0.4, -0.2) is 14.7 Å². The fourth-order valence-electron chi connectivity index (χ4n) is 0.583. The van der Waals surface area contributed by atoms with Crippen LogP contribution < -0.4 is 4.18 Å². The predicted octanol–water partition coefficient (Wildman–Crippen LogP) is 0.450. The van der Waals surface area contributed by atoms with Gasteiger partial charge in [0.15, 0.2) is 0 Å². The van der Waals surface area contributed by atoms with Crippen molar-refractivity contribution in [3.05, 3.63) is 30.3 Å². The first-order valence-corrected chi connectivity index (χ1v) is 6.26. The minimum Gasteiger partial charge on any atom is -0.431 e. The van der Waals surface area contributed by atoms with Crippen LogP contribution in [0.2, 0.25) is 0 Å². The van der Waals surface area contributed by atoms with E-state index < -0.39 is 6.72 Å². The van der Waals surface area contributed by atoms with Crippen LogP contribution in [0.15, 0.2) is 30.3 Å². The van der Waals surface area contributed by atoms with Crippen LogP contribution in [0.1, 0.15) is 0 Å². The molecule has 68 valence electrons. The van der Waals surface area contributed by atoms with E-state index in [-0.39, 0.29) is 11.2 Å². The normalized spacial score (nSPS) is 11.2. The van der Waals surface area contributed by atoms with Gasteiger partial charge in [-0.25, -0.2) is 0 Å². The molecule has 0 atom stereocenters. The maximum Gasteiger partial charge on any atom is 0.310 e. The zero-order chi connectivity index (χ0) is 9.03. The lowest BCUT2D eigenvalue weighted by atomic mass is 10.3. The van der Waals surface area contributed by atoms with Gasteiger partial charge in [0.05, 0.1) is 11.2 Å². The third kappa shape index (κ3) is 3.90. The summed E-state index contributed by atoms with van der Waals surface area (Å²) in [5.41, 5.74) is 0. The number of hydrogen-bond acceptors (Lipinski definition) is 1. The van der Waals surface area contributed by atoms with Crippen molar-refractivity contribution in [1.82, 2.24) is 0 Å². The second-order valence-corrected chi connectivity index (χ2v) is 5.54. The molecule has 0 unspecified atom stereocenters. The maximum absolute atomic E-state index is 8.56. The molecular formula is C6H9O4PS. The fourth-order valence-corrected chi connectivity index (χ4v) is 1.52. The van der Waals surface area contributed by atoms with Gasteiger partial charge in [0.2, 0.25) is 0 Å². The van der Waals surface area contributed by atoms with Crippen LogP contribution in [0, 0.1) is 0 Å². The third-order valence-corrected chi connectivity index (χ3v) is 2.41. The van der Waals surface area contributed by atoms with E-state index in [2.05, 4.69) is 0 Å². The summed E-state index contributed by atoms with van der Waals surface area (Å²) < 4.78 is 4.84. The van der Waals surface area contributed by atoms with Crippen molar-refractivity contribution in [2.75, 3.05) is 0 Å². The Kier molecular flexibility index (Phi) is 3.31. The summed E-state index contributed by atoms with van der Waals surface area (Å²) in [6.45, 7) is -3.83. The molecule has 1 aromatic carbocycles. The Bertz CT molecular complexity index is 285. The summed E-state index contributed by atoms with van der Waals surface area (Å²) >= 11 is -0.219. The Balaban J connectivity index is 2.67. The van der Waals surface area contributed by atoms with Gasteiger partial charge in [0, 0.05) is 0 Å². The van der Waals surface area contributed by atoms with Crippen molar-refractivity contribution < 1.29 is 18.9 Å². The molecule has 0 saturated heterocycles. The summed E-state index contributed by atoms with van der Waals surface area (Å²) in [5.74, 6) is 0.487. The first-order valence-electron chi connectivity index (χ1n) is 3.10. The number of hydrogen-bond donors (Lipinski definition) is 4. The molecule has 1 rings (SSSR count). The van der Waals surface area contributed by atoms with Crippen molar-refractivity contribution in [2.24, 2.45) is 0 Å². The van der Waals surface area contributed by atoms with Gasteiger partial charge >= 0.3 is 6.72 Å². The Morgan fingerprint density at radius 3 is 2.17 bits per heavy atom. The van der Waals surface area contributed by atoms with E-state index in [1.165, 1.54) is 0 Å². The van der Waals surface area contributed by atoms with Gasteiger partial charge in [-0.05, 0) is 12.1 Å². The zero-order valence-electron chi connectivity index (χ0n) is 6.03. The first-order chi connectivity index (χ1) is 5.58. The third-order valence-electron chi connectivity index (χ3n) is 0.999. The molecule has 0 aliphatic rings. The van der Waals surface area contributed by atoms with Gasteiger partial charge in [-0.15, -0.1) is 0 Å². The second kappa shape index (κ2) is 4.07. The topological polar surface area (TPSA) is 69.9 Å². The Hall–Kier alpha value is -0.320. The van der Waals surface area contributed by atoms with E-state index in [4.69, 9.17) is 18.9 Å². The van der Waals surface area contributed by atoms with Crippen LogP contribution in [0.4, 0.5) is 0 Å². The Labute approximate surface area is 73.5 Å². The van der Waals surface area contributed by atoms with Crippen LogP contribution in [0.25, 0.3) is 0 Å². The molecule has 0 aromatic heterocycles. The van der Waals surface area contributed by atoms with Gasteiger partial charge in [-0.3, -0.25) is 0 Å². The summed E-state index contributed by atoms with van der Waals surface area (Å²) in [6.07, 6.45) is 0. The predicted molar refractivity (Wildman–Crippen MR) is 49.4 cm³/mol. The molecule has 0 radical (unpaired) electrons. The summed E-state index contributed by atoms with van der Waals surface area (Å²) in [6, 6.07) is 8.61. The highest BCUT2D eigenvalue weighted by Gasteiger charge is 2.00. The average molecular weight is 208 g/mol. The van der Waals surface area contributed by atoms with Crippen molar-refractivity contribution in [2.45, 2.75) is 0 Å². The maximum atomic E-state index is 8.56. The molecule has 6 heteroatoms. The lowest BCUT2D eigenvalue weighted by Gasteiger charge is -2.03. The molecule has 0 spiro atoms. The largest absolute Gasteiger partial charge is 0.431 e. The fraction of sp³-hybridized carbons (Fsp3) is 0. The van der Waals surface area contributed by atoms with E-state index in [9.17, 15) is 0 Å². The highest BCUT2D eigenvalue weighted by Crippen LogP contribution is 2.31. The minimum absolute atomic E-state index is 0.219. The first kappa shape index (κ1) is 9.77. The summed E-state index contributed by atoms with van der Waals surface area (Å²) in [4.78, 5) is 25.7. The SMILES string of the molecule is OP(O)(O)=[SH]Oc1ccccc1. The molecule has 0 saturated carbocycles. The van der Waals surface area contributed by atoms with Gasteiger partial charge in [0.1, 0.15) is 5.75 Å². The number of thiol groups is 1. The van der Waals surface area contributed by atoms with Crippen LogP contribution in [0.5, 0.6) is 5.75 Å². The van der Waals surface area contributed by atoms with Gasteiger partial charge in [0.25, 0.3) is 0 Å². The molecule has 0 aliphatic heterocycles. The molecule has 0 bridgehead atoms. The molecule has 0 heterocycles. The standard InChI is InChI=1S/C6H9O4PS/c7-11(8,9)12-10-6-4-2-1-3-5-6/h1-5,7-9,12H. The van der Waals surface area contributed by atoms with E-state index >= 15 is 0 Å². The summed E-state index contributed by atoms with van der Waals surface area (Å²) in [7, 11) is 0. The second-order valence-electron chi connectivity index (χ2n) is 2.02. The van der Waals surface area contributed by atoms with Crippen LogP contribution in [-0.2, 0) is 11.2 Å². The molecule has 3 N–H and O–H groups in total. The Morgan fingerprint density at radius 1 is 1.08 bits per heavy atom. The lowest BCUT2D eigenvalue weighted by Crippen LogP contribution is -1.86. The highest BCUT2D eigenvalue weighted by molar-refractivity contribution is 8.14. The number of rotatable bonds is 2. The molecule has 1 aromatic rings. The van der Waals surface area contributed by atoms with Gasteiger partial charge < -0.3 is 18.9 Å². The summed E-state index contributed by atoms with van der Waals surface area (Å²) in [5, 5.41) is 0. The molecule has 12 heavy (non-hydrogen) atoms. The van der Waals surface area contributed by atoms with Crippen molar-refractivity contribution in [3.63, 3.8) is 0 Å². The number of benzene rings is 1. The van der Waals surface area contributed by atoms with Crippen molar-refractivity contribution in [3.8, 4) is 5.75 Å². The van der Waals surface area contributed by atoms with Crippen molar-refractivity contribution >= 4 is 17.9 Å². The minimum atomic E-state index is -3.83. The monoisotopic (exact) mass is 208 g/mol. The van der Waals surface area contributed by atoms with Crippen molar-refractivity contribution in [1.29, 1.82) is 0 Å². The molecule has 0 amide bonds. The van der Waals surface area contributed by atoms with Crippen LogP contribution >= 0.6 is 6.72 Å².